The van der Waals surface area contributed by atoms with E-state index in [4.69, 9.17) is 5.11 Å². The van der Waals surface area contributed by atoms with Crippen LogP contribution < -0.4 is 15.4 Å². The fourth-order valence-corrected chi connectivity index (χ4v) is 1.43. The molecule has 0 bridgehead atoms. The second-order valence-electron chi connectivity index (χ2n) is 3.97. The number of ether oxygens (including phenoxy) is 1. The van der Waals surface area contributed by atoms with E-state index in [1.807, 2.05) is 0 Å². The third-order valence-electron chi connectivity index (χ3n) is 2.34. The monoisotopic (exact) mass is 306 g/mol. The number of rotatable bonds is 5. The Morgan fingerprint density at radius 3 is 2.57 bits per heavy atom. The predicted molar refractivity (Wildman–Crippen MR) is 67.0 cm³/mol. The summed E-state index contributed by atoms with van der Waals surface area (Å²) in [5.74, 6) is -1.70. The van der Waals surface area contributed by atoms with E-state index in [9.17, 15) is 22.8 Å². The normalized spacial score (nSPS) is 12.4. The maximum atomic E-state index is 12.1. The van der Waals surface area contributed by atoms with Gasteiger partial charge in [-0.15, -0.1) is 13.2 Å². The van der Waals surface area contributed by atoms with E-state index in [1.165, 1.54) is 12.1 Å². The van der Waals surface area contributed by atoms with Gasteiger partial charge >= 0.3 is 18.4 Å². The fourth-order valence-electron chi connectivity index (χ4n) is 1.43. The standard InChI is InChI=1S/C12H13F3N2O4/c1-2-9(10(18)19)17-11(20)16-7-4-3-5-8(6-7)21-12(13,14)15/h3-6,9H,2H2,1H3,(H,18,19)(H2,16,17,20)/t9-/m0/s1. The molecule has 0 spiro atoms. The predicted octanol–water partition coefficient (Wildman–Crippen LogP) is 2.57. The van der Waals surface area contributed by atoms with Crippen LogP contribution in [0.3, 0.4) is 0 Å². The van der Waals surface area contributed by atoms with Gasteiger partial charge in [0, 0.05) is 11.8 Å². The molecule has 0 saturated carbocycles. The topological polar surface area (TPSA) is 87.7 Å². The number of urea groups is 1. The van der Waals surface area contributed by atoms with E-state index in [2.05, 4.69) is 15.4 Å². The Labute approximate surface area is 117 Å². The molecule has 1 atom stereocenters. The number of hydrogen-bond acceptors (Lipinski definition) is 3. The van der Waals surface area contributed by atoms with Crippen LogP contribution in [0.25, 0.3) is 0 Å². The van der Waals surface area contributed by atoms with Gasteiger partial charge in [0.05, 0.1) is 0 Å². The molecule has 116 valence electrons. The smallest absolute Gasteiger partial charge is 0.480 e. The lowest BCUT2D eigenvalue weighted by Crippen LogP contribution is -2.42. The van der Waals surface area contributed by atoms with Crippen LogP contribution in [0, 0.1) is 0 Å². The number of benzene rings is 1. The van der Waals surface area contributed by atoms with E-state index in [-0.39, 0.29) is 12.1 Å². The summed E-state index contributed by atoms with van der Waals surface area (Å²) in [5.41, 5.74) is 0.0366. The van der Waals surface area contributed by atoms with Crippen molar-refractivity contribution in [1.29, 1.82) is 0 Å². The Kier molecular flexibility index (Phi) is 5.39. The van der Waals surface area contributed by atoms with Crippen molar-refractivity contribution in [1.82, 2.24) is 5.32 Å². The minimum atomic E-state index is -4.84. The van der Waals surface area contributed by atoms with Gasteiger partial charge in [-0.1, -0.05) is 13.0 Å². The van der Waals surface area contributed by atoms with Crippen molar-refractivity contribution in [2.45, 2.75) is 25.7 Å². The summed E-state index contributed by atoms with van der Waals surface area (Å²) in [4.78, 5) is 22.3. The molecule has 6 nitrogen and oxygen atoms in total. The Bertz CT molecular complexity index is 519. The molecule has 0 aliphatic heterocycles. The average Bonchev–Trinajstić information content (AvgIpc) is 2.33. The first-order chi connectivity index (χ1) is 9.71. The van der Waals surface area contributed by atoms with Crippen LogP contribution >= 0.6 is 0 Å². The van der Waals surface area contributed by atoms with E-state index >= 15 is 0 Å². The summed E-state index contributed by atoms with van der Waals surface area (Å²) in [7, 11) is 0. The molecule has 1 rings (SSSR count). The van der Waals surface area contributed by atoms with Crippen molar-refractivity contribution in [3.05, 3.63) is 24.3 Å². The zero-order chi connectivity index (χ0) is 16.0. The minimum Gasteiger partial charge on any atom is -0.480 e. The van der Waals surface area contributed by atoms with Crippen molar-refractivity contribution in [3.8, 4) is 5.75 Å². The van der Waals surface area contributed by atoms with Crippen molar-refractivity contribution >= 4 is 17.7 Å². The Morgan fingerprint density at radius 1 is 1.38 bits per heavy atom. The van der Waals surface area contributed by atoms with Gasteiger partial charge in [-0.2, -0.15) is 0 Å². The molecule has 3 N–H and O–H groups in total. The Balaban J connectivity index is 2.68. The van der Waals surface area contributed by atoms with Crippen LogP contribution in [0.5, 0.6) is 5.75 Å². The maximum Gasteiger partial charge on any atom is 0.573 e. The van der Waals surface area contributed by atoms with E-state index in [0.29, 0.717) is 0 Å². The van der Waals surface area contributed by atoms with E-state index in [1.54, 1.807) is 6.92 Å². The number of carbonyl (C=O) groups is 2. The zero-order valence-electron chi connectivity index (χ0n) is 10.9. The highest BCUT2D eigenvalue weighted by Gasteiger charge is 2.31. The lowest BCUT2D eigenvalue weighted by atomic mass is 10.2. The average molecular weight is 306 g/mol. The zero-order valence-corrected chi connectivity index (χ0v) is 10.9. The molecule has 0 heterocycles. The molecular formula is C12H13F3N2O4. The molecule has 0 unspecified atom stereocenters. The van der Waals surface area contributed by atoms with Crippen LogP contribution in [0.1, 0.15) is 13.3 Å². The number of carboxylic acid groups (broad SMARTS) is 1. The molecular weight excluding hydrogens is 293 g/mol. The molecule has 21 heavy (non-hydrogen) atoms. The summed E-state index contributed by atoms with van der Waals surface area (Å²) in [5, 5.41) is 13.2. The van der Waals surface area contributed by atoms with E-state index in [0.717, 1.165) is 12.1 Å². The third-order valence-corrected chi connectivity index (χ3v) is 2.34. The molecule has 0 aliphatic rings. The van der Waals surface area contributed by atoms with Crippen molar-refractivity contribution in [2.75, 3.05) is 5.32 Å². The highest BCUT2D eigenvalue weighted by atomic mass is 19.4. The van der Waals surface area contributed by atoms with Gasteiger partial charge in [0.25, 0.3) is 0 Å². The SMILES string of the molecule is CC[C@H](NC(=O)Nc1cccc(OC(F)(F)F)c1)C(=O)O. The second-order valence-corrected chi connectivity index (χ2v) is 3.97. The number of alkyl halides is 3. The lowest BCUT2D eigenvalue weighted by molar-refractivity contribution is -0.274. The maximum absolute atomic E-state index is 12.1. The van der Waals surface area contributed by atoms with Gasteiger partial charge in [-0.05, 0) is 18.6 Å². The molecule has 9 heteroatoms. The summed E-state index contributed by atoms with van der Waals surface area (Å²) in [6, 6.07) is 2.71. The van der Waals surface area contributed by atoms with Gasteiger partial charge in [0.2, 0.25) is 0 Å². The fraction of sp³-hybridized carbons (Fsp3) is 0.333. The molecule has 0 saturated heterocycles. The van der Waals surface area contributed by atoms with Crippen LogP contribution in [-0.4, -0.2) is 29.5 Å². The number of aliphatic carboxylic acids is 1. The third kappa shape index (κ3) is 6.02. The van der Waals surface area contributed by atoms with Gasteiger partial charge in [-0.3, -0.25) is 0 Å². The molecule has 1 aromatic carbocycles. The quantitative estimate of drug-likeness (QED) is 0.780. The highest BCUT2D eigenvalue weighted by Crippen LogP contribution is 2.24. The number of nitrogens with one attached hydrogen (secondary N) is 2. The van der Waals surface area contributed by atoms with Crippen molar-refractivity contribution in [3.63, 3.8) is 0 Å². The molecule has 0 aromatic heterocycles. The molecule has 1 aromatic rings. The minimum absolute atomic E-state index is 0.0366. The van der Waals surface area contributed by atoms with Crippen molar-refractivity contribution < 1.29 is 32.6 Å². The van der Waals surface area contributed by atoms with Crippen LogP contribution in [0.15, 0.2) is 24.3 Å². The number of halogens is 3. The molecule has 2 amide bonds. The summed E-state index contributed by atoms with van der Waals surface area (Å²) in [6.45, 7) is 1.57. The number of carboxylic acids is 1. The van der Waals surface area contributed by atoms with Crippen LogP contribution in [0.4, 0.5) is 23.7 Å². The summed E-state index contributed by atoms with van der Waals surface area (Å²) >= 11 is 0. The van der Waals surface area contributed by atoms with Crippen molar-refractivity contribution in [2.24, 2.45) is 0 Å². The molecule has 0 aliphatic carbocycles. The van der Waals surface area contributed by atoms with Crippen LogP contribution in [0.2, 0.25) is 0 Å². The number of hydrogen-bond donors (Lipinski definition) is 3. The summed E-state index contributed by atoms with van der Waals surface area (Å²) < 4.78 is 39.9. The molecule has 0 radical (unpaired) electrons. The Hall–Kier alpha value is -2.45. The van der Waals surface area contributed by atoms with E-state index < -0.39 is 30.2 Å². The van der Waals surface area contributed by atoms with Gasteiger partial charge in [-0.25, -0.2) is 9.59 Å². The lowest BCUT2D eigenvalue weighted by Gasteiger charge is -2.14. The highest BCUT2D eigenvalue weighted by molar-refractivity contribution is 5.92. The van der Waals surface area contributed by atoms with Gasteiger partial charge < -0.3 is 20.5 Å². The first-order valence-corrected chi connectivity index (χ1v) is 5.87. The second kappa shape index (κ2) is 6.82. The number of amides is 2. The Morgan fingerprint density at radius 2 is 2.05 bits per heavy atom. The molecule has 0 fully saturated rings. The van der Waals surface area contributed by atoms with Gasteiger partial charge in [0.1, 0.15) is 11.8 Å². The first kappa shape index (κ1) is 16.6. The number of carbonyl (C=O) groups excluding carboxylic acids is 1. The largest absolute Gasteiger partial charge is 0.573 e. The first-order valence-electron chi connectivity index (χ1n) is 5.87. The summed E-state index contributed by atoms with van der Waals surface area (Å²) in [6.07, 6.45) is -4.67. The number of anilines is 1. The van der Waals surface area contributed by atoms with Crippen LogP contribution in [-0.2, 0) is 4.79 Å². The van der Waals surface area contributed by atoms with Gasteiger partial charge in [0.15, 0.2) is 0 Å².